The quantitative estimate of drug-likeness (QED) is 0.0867. The van der Waals surface area contributed by atoms with Crippen LogP contribution in [0.5, 0.6) is 17.2 Å². The molecule has 3 atom stereocenters. The lowest BCUT2D eigenvalue weighted by atomic mass is 9.72. The summed E-state index contributed by atoms with van der Waals surface area (Å²) in [7, 11) is -1.85. The molecule has 1 saturated heterocycles. The second-order valence-electron chi connectivity index (χ2n) is 10.6. The Kier molecular flexibility index (Phi) is 10.6. The molecule has 48 heavy (non-hydrogen) atoms. The van der Waals surface area contributed by atoms with Crippen molar-refractivity contribution in [3.05, 3.63) is 51.5 Å². The van der Waals surface area contributed by atoms with Crippen molar-refractivity contribution in [1.82, 2.24) is 25.8 Å². The first-order chi connectivity index (χ1) is 22.5. The number of carboxylic acids is 1. The number of benzene rings is 2. The zero-order chi connectivity index (χ0) is 35.6. The van der Waals surface area contributed by atoms with Crippen molar-refractivity contribution in [3.8, 4) is 17.2 Å². The number of phenolic OH excluding ortho intramolecular Hbond substituents is 2. The number of hydrogen-bond acceptors (Lipinski definition) is 11. The summed E-state index contributed by atoms with van der Waals surface area (Å²) in [4.78, 5) is 76.7. The Hall–Kier alpha value is -5.21. The Labute approximate surface area is 274 Å². The van der Waals surface area contributed by atoms with Gasteiger partial charge < -0.3 is 51.0 Å². The highest BCUT2D eigenvalue weighted by atomic mass is 35.5. The minimum atomic E-state index is -1.85. The molecular formula is C27H27BClF2N5O12. The number of aliphatic hydroxyl groups is 1. The molecule has 256 valence electrons. The van der Waals surface area contributed by atoms with Crippen LogP contribution in [0.1, 0.15) is 33.2 Å². The van der Waals surface area contributed by atoms with E-state index in [0.29, 0.717) is 11.0 Å². The molecule has 0 bridgehead atoms. The molecule has 2 aromatic carbocycles. The highest BCUT2D eigenvalue weighted by Gasteiger charge is 2.42. The smallest absolute Gasteiger partial charge is 0.534 e. The number of imide groups is 1. The third-order valence-electron chi connectivity index (χ3n) is 7.42. The van der Waals surface area contributed by atoms with Crippen molar-refractivity contribution in [2.45, 2.75) is 31.4 Å². The van der Waals surface area contributed by atoms with Crippen LogP contribution in [0.15, 0.2) is 18.2 Å². The number of aromatic carboxylic acids is 1. The van der Waals surface area contributed by atoms with E-state index >= 15 is 0 Å². The van der Waals surface area contributed by atoms with Gasteiger partial charge in [0.25, 0.3) is 5.91 Å². The molecule has 8 N–H and O–H groups in total. The van der Waals surface area contributed by atoms with E-state index in [1.165, 1.54) is 6.07 Å². The number of rotatable bonds is 9. The predicted octanol–water partition coefficient (Wildman–Crippen LogP) is -1.27. The van der Waals surface area contributed by atoms with Gasteiger partial charge in [-0.3, -0.25) is 24.1 Å². The number of halogens is 3. The Bertz CT molecular complexity index is 1700. The number of amides is 6. The van der Waals surface area contributed by atoms with Crippen LogP contribution in [0.4, 0.5) is 13.6 Å². The number of nitrogens with one attached hydrogen (secondary N) is 3. The summed E-state index contributed by atoms with van der Waals surface area (Å²) < 4.78 is 33.3. The van der Waals surface area contributed by atoms with Gasteiger partial charge in [0.05, 0.1) is 17.6 Å². The Morgan fingerprint density at radius 1 is 1.10 bits per heavy atom. The summed E-state index contributed by atoms with van der Waals surface area (Å²) in [6, 6.07) is -0.411. The van der Waals surface area contributed by atoms with Crippen LogP contribution in [0.25, 0.3) is 0 Å². The number of carboxylic acid groups (broad SMARTS) is 1. The fraction of sp³-hybridized carbons (Fsp3) is 0.333. The van der Waals surface area contributed by atoms with E-state index in [1.807, 2.05) is 0 Å². The third-order valence-corrected chi connectivity index (χ3v) is 7.79. The summed E-state index contributed by atoms with van der Waals surface area (Å²) in [5.41, 5.74) is -1.45. The standard InChI is InChI=1S/C27H27BClF2N5O12/c1-10(37)19(23(41)33-15-8-11-2-3-12(30)17(26(44)45)21(11)48-28(15)47)34-27(46)36-7-6-35(24(42)25(36)43)5-4-32-22(40)16-13(31)9-14(38)20(39)18(16)29/h2-3,9-10,15,19,37-39,47H,4-8H2,1H3,(H,32,40)(H,33,41)(H,34,46)(H,44,45)/t10?,15-,19?/m0/s1. The Morgan fingerprint density at radius 2 is 1.79 bits per heavy atom. The van der Waals surface area contributed by atoms with Crippen LogP contribution in [-0.2, 0) is 20.8 Å². The SMILES string of the molecule is CC(O)C(NC(=O)N1CCN(CCNC(=O)c2c(F)cc(O)c(O)c2Cl)C(=O)C1=O)C(=O)N[C@H]1Cc2ccc(F)c(C(=O)O)c2OB1O. The van der Waals surface area contributed by atoms with Gasteiger partial charge in [0.15, 0.2) is 11.5 Å². The fourth-order valence-corrected chi connectivity index (χ4v) is 5.20. The predicted molar refractivity (Wildman–Crippen MR) is 157 cm³/mol. The molecule has 1 fully saturated rings. The first-order valence-electron chi connectivity index (χ1n) is 14.0. The molecule has 0 saturated carbocycles. The van der Waals surface area contributed by atoms with Gasteiger partial charge in [-0.2, -0.15) is 0 Å². The molecule has 0 radical (unpaired) electrons. The first-order valence-corrected chi connectivity index (χ1v) is 14.4. The van der Waals surface area contributed by atoms with Gasteiger partial charge in [0.1, 0.15) is 34.0 Å². The molecule has 0 aliphatic carbocycles. The van der Waals surface area contributed by atoms with Crippen LogP contribution in [-0.4, -0.2) is 122 Å². The number of piperazine rings is 1. The summed E-state index contributed by atoms with van der Waals surface area (Å²) in [6.07, 6.45) is -1.79. The number of aromatic hydroxyl groups is 2. The second-order valence-corrected chi connectivity index (χ2v) is 11.0. The number of aliphatic hydroxyl groups excluding tert-OH is 1. The van der Waals surface area contributed by atoms with Crippen molar-refractivity contribution in [2.24, 2.45) is 0 Å². The maximum Gasteiger partial charge on any atom is 0.547 e. The minimum Gasteiger partial charge on any atom is -0.534 e. The normalized spacial score (nSPS) is 17.2. The Balaban J connectivity index is 1.33. The number of fused-ring (bicyclic) bond motifs is 1. The van der Waals surface area contributed by atoms with Gasteiger partial charge in [-0.1, -0.05) is 17.7 Å². The minimum absolute atomic E-state index is 0.138. The van der Waals surface area contributed by atoms with Crippen molar-refractivity contribution in [1.29, 1.82) is 0 Å². The van der Waals surface area contributed by atoms with Gasteiger partial charge in [0.2, 0.25) is 5.91 Å². The van der Waals surface area contributed by atoms with E-state index in [2.05, 4.69) is 16.0 Å². The first kappa shape index (κ1) is 35.6. The van der Waals surface area contributed by atoms with Gasteiger partial charge in [-0.25, -0.2) is 18.4 Å². The van der Waals surface area contributed by atoms with Gasteiger partial charge >= 0.3 is 30.9 Å². The van der Waals surface area contributed by atoms with Gasteiger partial charge in [-0.05, 0) is 25.0 Å². The van der Waals surface area contributed by atoms with Crippen molar-refractivity contribution >= 4 is 54.3 Å². The molecule has 21 heteroatoms. The molecule has 2 heterocycles. The largest absolute Gasteiger partial charge is 0.547 e. The molecular weight excluding hydrogens is 671 g/mol. The number of carbonyl (C=O) groups is 6. The Morgan fingerprint density at radius 3 is 2.44 bits per heavy atom. The highest BCUT2D eigenvalue weighted by Crippen LogP contribution is 2.37. The van der Waals surface area contributed by atoms with Crippen LogP contribution >= 0.6 is 11.6 Å². The van der Waals surface area contributed by atoms with Crippen LogP contribution < -0.4 is 20.6 Å². The molecule has 0 spiro atoms. The molecule has 2 unspecified atom stereocenters. The third kappa shape index (κ3) is 7.19. The zero-order valence-corrected chi connectivity index (χ0v) is 25.5. The molecule has 2 aromatic rings. The van der Waals surface area contributed by atoms with Crippen LogP contribution in [0.3, 0.4) is 0 Å². The monoisotopic (exact) mass is 697 g/mol. The molecule has 2 aliphatic heterocycles. The molecule has 6 amide bonds. The molecule has 17 nitrogen and oxygen atoms in total. The van der Waals surface area contributed by atoms with Crippen LogP contribution in [0, 0.1) is 11.6 Å². The van der Waals surface area contributed by atoms with Gasteiger partial charge in [0, 0.05) is 32.2 Å². The summed E-state index contributed by atoms with van der Waals surface area (Å²) in [5, 5.41) is 54.9. The average molecular weight is 698 g/mol. The van der Waals surface area contributed by atoms with E-state index < -0.39 is 106 Å². The van der Waals surface area contributed by atoms with Crippen molar-refractivity contribution in [2.75, 3.05) is 26.2 Å². The van der Waals surface area contributed by atoms with Crippen molar-refractivity contribution < 1.29 is 67.7 Å². The highest BCUT2D eigenvalue weighted by molar-refractivity contribution is 6.47. The summed E-state index contributed by atoms with van der Waals surface area (Å²) in [5.74, 6) is -12.1. The van der Waals surface area contributed by atoms with E-state index in [9.17, 15) is 63.0 Å². The fourth-order valence-electron chi connectivity index (χ4n) is 4.93. The molecule has 4 rings (SSSR count). The number of hydrogen-bond donors (Lipinski definition) is 8. The zero-order valence-electron chi connectivity index (χ0n) is 24.7. The number of nitrogens with zero attached hydrogens (tertiary/aromatic N) is 2. The summed E-state index contributed by atoms with van der Waals surface area (Å²) in [6.45, 7) is -0.0617. The lowest BCUT2D eigenvalue weighted by molar-refractivity contribution is -0.153. The molecule has 0 aromatic heterocycles. The maximum absolute atomic E-state index is 14.1. The lowest BCUT2D eigenvalue weighted by Gasteiger charge is -2.34. The van der Waals surface area contributed by atoms with E-state index in [-0.39, 0.29) is 38.2 Å². The van der Waals surface area contributed by atoms with Crippen LogP contribution in [0.2, 0.25) is 5.02 Å². The lowest BCUT2D eigenvalue weighted by Crippen LogP contribution is -2.64. The van der Waals surface area contributed by atoms with E-state index in [4.69, 9.17) is 16.3 Å². The van der Waals surface area contributed by atoms with Gasteiger partial charge in [-0.15, -0.1) is 0 Å². The maximum atomic E-state index is 14.1. The number of urea groups is 1. The average Bonchev–Trinajstić information content (AvgIpc) is 3.00. The van der Waals surface area contributed by atoms with E-state index in [1.54, 1.807) is 0 Å². The molecule has 2 aliphatic rings. The second kappa shape index (κ2) is 14.3. The number of phenols is 2. The number of carbonyl (C=O) groups excluding carboxylic acids is 5. The topological polar surface area (TPSA) is 255 Å². The van der Waals surface area contributed by atoms with Crippen molar-refractivity contribution in [3.63, 3.8) is 0 Å². The van der Waals surface area contributed by atoms with E-state index in [0.717, 1.165) is 17.9 Å². The summed E-state index contributed by atoms with van der Waals surface area (Å²) >= 11 is 5.73.